The molecule has 0 rings (SSSR count). The lowest BCUT2D eigenvalue weighted by atomic mass is 10.1. The van der Waals surface area contributed by atoms with Crippen LogP contribution in [-0.4, -0.2) is 37.6 Å². The molecular formula is C20H40O3. The molecule has 0 spiro atoms. The maximum absolute atomic E-state index is 9.70. The van der Waals surface area contributed by atoms with E-state index in [4.69, 9.17) is 9.47 Å². The van der Waals surface area contributed by atoms with Gasteiger partial charge in [0.2, 0.25) is 0 Å². The van der Waals surface area contributed by atoms with Crippen LogP contribution in [0.1, 0.15) is 84.5 Å². The molecule has 0 aromatic rings. The first-order chi connectivity index (χ1) is 11.2. The summed E-state index contributed by atoms with van der Waals surface area (Å²) in [5.41, 5.74) is 1.11. The van der Waals surface area contributed by atoms with Gasteiger partial charge in [-0.3, -0.25) is 0 Å². The molecule has 0 saturated carbocycles. The van der Waals surface area contributed by atoms with Crippen molar-refractivity contribution >= 4 is 0 Å². The van der Waals surface area contributed by atoms with Gasteiger partial charge < -0.3 is 14.6 Å². The molecule has 0 amide bonds. The van der Waals surface area contributed by atoms with Crippen LogP contribution in [0, 0.1) is 0 Å². The van der Waals surface area contributed by atoms with Crippen LogP contribution in [-0.2, 0) is 9.47 Å². The average molecular weight is 329 g/mol. The van der Waals surface area contributed by atoms with Gasteiger partial charge in [0, 0.05) is 6.61 Å². The van der Waals surface area contributed by atoms with Gasteiger partial charge >= 0.3 is 0 Å². The van der Waals surface area contributed by atoms with E-state index in [0.29, 0.717) is 19.8 Å². The van der Waals surface area contributed by atoms with Crippen LogP contribution < -0.4 is 0 Å². The Labute approximate surface area is 144 Å². The minimum absolute atomic E-state index is 0.352. The molecule has 1 N–H and O–H groups in total. The third-order valence-electron chi connectivity index (χ3n) is 3.94. The van der Waals surface area contributed by atoms with Gasteiger partial charge in [-0.05, 0) is 19.8 Å². The molecule has 23 heavy (non-hydrogen) atoms. The summed E-state index contributed by atoms with van der Waals surface area (Å²) in [5.74, 6) is 0. The molecule has 3 heteroatoms. The highest BCUT2D eigenvalue weighted by Gasteiger charge is 2.04. The third kappa shape index (κ3) is 19.6. The quantitative estimate of drug-likeness (QED) is 0.275. The fourth-order valence-corrected chi connectivity index (χ4v) is 2.42. The molecule has 0 saturated heterocycles. The summed E-state index contributed by atoms with van der Waals surface area (Å²) < 4.78 is 10.9. The Morgan fingerprint density at radius 2 is 1.30 bits per heavy atom. The molecule has 1 atom stereocenters. The van der Waals surface area contributed by atoms with Crippen LogP contribution >= 0.6 is 0 Å². The van der Waals surface area contributed by atoms with Crippen molar-refractivity contribution in [3.8, 4) is 0 Å². The molecule has 0 aliphatic heterocycles. The Balaban J connectivity index is 3.13. The minimum atomic E-state index is -0.511. The normalized spacial score (nSPS) is 12.5. The number of unbranched alkanes of at least 4 members (excludes halogenated alkanes) is 9. The maximum atomic E-state index is 9.70. The third-order valence-corrected chi connectivity index (χ3v) is 3.94. The maximum Gasteiger partial charge on any atom is 0.101 e. The van der Waals surface area contributed by atoms with Gasteiger partial charge in [0.05, 0.1) is 19.8 Å². The summed E-state index contributed by atoms with van der Waals surface area (Å²) in [7, 11) is 0. The van der Waals surface area contributed by atoms with Crippen LogP contribution in [0.3, 0.4) is 0 Å². The van der Waals surface area contributed by atoms with Crippen LogP contribution in [0.4, 0.5) is 0 Å². The fourth-order valence-electron chi connectivity index (χ4n) is 2.42. The molecule has 1 unspecified atom stereocenters. The Morgan fingerprint density at radius 3 is 1.83 bits per heavy atom. The van der Waals surface area contributed by atoms with Gasteiger partial charge in [-0.1, -0.05) is 70.3 Å². The minimum Gasteiger partial charge on any atom is -0.388 e. The molecule has 138 valence electrons. The number of rotatable bonds is 18. The lowest BCUT2D eigenvalue weighted by Gasteiger charge is -2.12. The van der Waals surface area contributed by atoms with Crippen LogP contribution in [0.15, 0.2) is 12.2 Å². The van der Waals surface area contributed by atoms with E-state index >= 15 is 0 Å². The second kappa shape index (κ2) is 18.0. The van der Waals surface area contributed by atoms with E-state index in [1.165, 1.54) is 57.8 Å². The van der Waals surface area contributed by atoms with Crippen molar-refractivity contribution in [2.75, 3.05) is 26.4 Å². The summed E-state index contributed by atoms with van der Waals surface area (Å²) in [6.07, 6.45) is 13.6. The zero-order valence-corrected chi connectivity index (χ0v) is 15.7. The second-order valence-electron chi connectivity index (χ2n) is 6.69. The van der Waals surface area contributed by atoms with Gasteiger partial charge in [-0.15, -0.1) is 6.58 Å². The highest BCUT2D eigenvalue weighted by molar-refractivity contribution is 4.87. The number of aliphatic hydroxyl groups excluding tert-OH is 1. The Morgan fingerprint density at radius 1 is 0.826 bits per heavy atom. The van der Waals surface area contributed by atoms with Crippen molar-refractivity contribution in [2.45, 2.75) is 90.6 Å². The van der Waals surface area contributed by atoms with Gasteiger partial charge in [-0.25, -0.2) is 0 Å². The van der Waals surface area contributed by atoms with Gasteiger partial charge in [0.25, 0.3) is 0 Å². The largest absolute Gasteiger partial charge is 0.388 e. The number of ether oxygens (including phenoxy) is 2. The zero-order chi connectivity index (χ0) is 17.2. The number of hydrogen-bond donors (Lipinski definition) is 1. The van der Waals surface area contributed by atoms with Crippen molar-refractivity contribution < 1.29 is 14.6 Å². The topological polar surface area (TPSA) is 38.7 Å². The predicted octanol–water partition coefficient (Wildman–Crippen LogP) is 5.27. The number of hydrogen-bond acceptors (Lipinski definition) is 3. The monoisotopic (exact) mass is 328 g/mol. The Hall–Kier alpha value is -0.380. The summed E-state index contributed by atoms with van der Waals surface area (Å²) >= 11 is 0. The molecule has 0 aliphatic rings. The lowest BCUT2D eigenvalue weighted by Crippen LogP contribution is -2.22. The van der Waals surface area contributed by atoms with Crippen LogP contribution in [0.25, 0.3) is 0 Å². The van der Waals surface area contributed by atoms with Crippen molar-refractivity contribution in [3.63, 3.8) is 0 Å². The van der Waals surface area contributed by atoms with E-state index in [2.05, 4.69) is 13.5 Å². The van der Waals surface area contributed by atoms with Crippen LogP contribution in [0.2, 0.25) is 0 Å². The highest BCUT2D eigenvalue weighted by Crippen LogP contribution is 2.10. The fraction of sp³-hybridized carbons (Fsp3) is 0.900. The first kappa shape index (κ1) is 22.6. The summed E-state index contributed by atoms with van der Waals surface area (Å²) in [6.45, 7) is 10.2. The van der Waals surface area contributed by atoms with E-state index < -0.39 is 6.10 Å². The molecule has 0 aromatic heterocycles. The van der Waals surface area contributed by atoms with Crippen molar-refractivity contribution in [1.29, 1.82) is 0 Å². The second-order valence-corrected chi connectivity index (χ2v) is 6.69. The molecule has 0 aliphatic carbocycles. The highest BCUT2D eigenvalue weighted by atomic mass is 16.5. The summed E-state index contributed by atoms with van der Waals surface area (Å²) in [6, 6.07) is 0. The van der Waals surface area contributed by atoms with Gasteiger partial charge in [0.15, 0.2) is 0 Å². The summed E-state index contributed by atoms with van der Waals surface area (Å²) in [5, 5.41) is 9.70. The smallest absolute Gasteiger partial charge is 0.101 e. The van der Waals surface area contributed by atoms with Gasteiger partial charge in [-0.2, -0.15) is 0 Å². The lowest BCUT2D eigenvalue weighted by molar-refractivity contribution is -0.0188. The molecule has 0 aromatic carbocycles. The molecule has 0 bridgehead atoms. The summed E-state index contributed by atoms with van der Waals surface area (Å²) in [4.78, 5) is 0. The molecule has 3 nitrogen and oxygen atoms in total. The van der Waals surface area contributed by atoms with E-state index in [1.807, 2.05) is 6.92 Å². The van der Waals surface area contributed by atoms with Crippen LogP contribution in [0.5, 0.6) is 0 Å². The molecule has 0 fully saturated rings. The Kier molecular flexibility index (Phi) is 17.7. The van der Waals surface area contributed by atoms with E-state index in [-0.39, 0.29) is 0 Å². The van der Waals surface area contributed by atoms with E-state index in [0.717, 1.165) is 25.0 Å². The van der Waals surface area contributed by atoms with Crippen molar-refractivity contribution in [1.82, 2.24) is 0 Å². The zero-order valence-electron chi connectivity index (χ0n) is 15.7. The van der Waals surface area contributed by atoms with E-state index in [1.54, 1.807) is 0 Å². The van der Waals surface area contributed by atoms with Crippen molar-refractivity contribution in [3.05, 3.63) is 12.2 Å². The first-order valence-electron chi connectivity index (χ1n) is 9.64. The van der Waals surface area contributed by atoms with Gasteiger partial charge in [0.1, 0.15) is 6.10 Å². The van der Waals surface area contributed by atoms with Crippen molar-refractivity contribution in [2.24, 2.45) is 0 Å². The average Bonchev–Trinajstić information content (AvgIpc) is 2.52. The predicted molar refractivity (Wildman–Crippen MR) is 98.9 cm³/mol. The first-order valence-corrected chi connectivity index (χ1v) is 9.64. The standard InChI is InChI=1S/C20H40O3/c1-4-5-6-7-8-9-10-11-12-13-15-22-17-20(21)18-23-16-14-19(2)3/h20-21H,2,4-18H2,1,3H3. The molecule has 0 heterocycles. The van der Waals surface area contributed by atoms with E-state index in [9.17, 15) is 5.11 Å². The molecule has 0 radical (unpaired) electrons. The molecular weight excluding hydrogens is 288 g/mol. The Bertz CT molecular complexity index is 253. The SMILES string of the molecule is C=C(C)CCOCC(O)COCCCCCCCCCCCC. The number of aliphatic hydroxyl groups is 1.